The number of ether oxygens (including phenoxy) is 1. The van der Waals surface area contributed by atoms with Crippen molar-refractivity contribution in [3.63, 3.8) is 0 Å². The molecule has 0 saturated carbocycles. The first kappa shape index (κ1) is 13.9. The predicted octanol–water partition coefficient (Wildman–Crippen LogP) is 2.97. The summed E-state index contributed by atoms with van der Waals surface area (Å²) in [6, 6.07) is 6.69. The minimum Gasteiger partial charge on any atom is -0.486 e. The van der Waals surface area contributed by atoms with Gasteiger partial charge in [0.25, 0.3) is 0 Å². The molecule has 0 aliphatic heterocycles. The van der Waals surface area contributed by atoms with Gasteiger partial charge in [-0.2, -0.15) is 0 Å². The van der Waals surface area contributed by atoms with Crippen LogP contribution in [-0.4, -0.2) is 5.84 Å². The van der Waals surface area contributed by atoms with Crippen molar-refractivity contribution >= 4 is 5.84 Å². The Kier molecular flexibility index (Phi) is 3.93. The normalized spacial score (nSPS) is 10.3. The van der Waals surface area contributed by atoms with E-state index in [2.05, 4.69) is 0 Å². The van der Waals surface area contributed by atoms with E-state index in [0.29, 0.717) is 0 Å². The van der Waals surface area contributed by atoms with Crippen molar-refractivity contribution in [1.29, 1.82) is 5.41 Å². The van der Waals surface area contributed by atoms with Crippen LogP contribution in [0.4, 0.5) is 13.2 Å². The van der Waals surface area contributed by atoms with Crippen molar-refractivity contribution in [2.24, 2.45) is 5.73 Å². The van der Waals surface area contributed by atoms with E-state index in [1.165, 1.54) is 12.1 Å². The average molecular weight is 280 g/mol. The predicted molar refractivity (Wildman–Crippen MR) is 68.1 cm³/mol. The van der Waals surface area contributed by atoms with Crippen LogP contribution in [0, 0.1) is 22.9 Å². The molecular weight excluding hydrogens is 269 g/mol. The summed E-state index contributed by atoms with van der Waals surface area (Å²) in [6.45, 7) is -0.260. The van der Waals surface area contributed by atoms with Gasteiger partial charge in [-0.25, -0.2) is 13.2 Å². The number of nitrogens with two attached hydrogens (primary N) is 1. The maximum Gasteiger partial charge on any atom is 0.165 e. The number of nitrogens with one attached hydrogen (secondary N) is 1. The lowest BCUT2D eigenvalue weighted by atomic mass is 10.1. The molecule has 6 heteroatoms. The van der Waals surface area contributed by atoms with Gasteiger partial charge >= 0.3 is 0 Å². The second-order valence-corrected chi connectivity index (χ2v) is 4.08. The standard InChI is InChI=1S/C14H11F3N2O/c15-10-3-4-11(16)13(6-10)20-7-9-2-1-8(14(18)19)5-12(9)17/h1-6H,7H2,(H3,18,19). The van der Waals surface area contributed by atoms with Crippen LogP contribution in [0.3, 0.4) is 0 Å². The van der Waals surface area contributed by atoms with Gasteiger partial charge in [0.2, 0.25) is 0 Å². The highest BCUT2D eigenvalue weighted by Crippen LogP contribution is 2.20. The lowest BCUT2D eigenvalue weighted by Gasteiger charge is -2.09. The zero-order valence-electron chi connectivity index (χ0n) is 10.3. The van der Waals surface area contributed by atoms with Crippen LogP contribution in [0.5, 0.6) is 5.75 Å². The molecular formula is C14H11F3N2O. The maximum atomic E-state index is 13.7. The minimum absolute atomic E-state index is 0.152. The number of amidine groups is 1. The quantitative estimate of drug-likeness (QED) is 0.668. The van der Waals surface area contributed by atoms with E-state index in [0.717, 1.165) is 24.3 Å². The van der Waals surface area contributed by atoms with Gasteiger partial charge in [0.05, 0.1) is 0 Å². The average Bonchev–Trinajstić information content (AvgIpc) is 2.40. The number of halogens is 3. The summed E-state index contributed by atoms with van der Waals surface area (Å²) in [5, 5.41) is 7.18. The maximum absolute atomic E-state index is 13.7. The summed E-state index contributed by atoms with van der Waals surface area (Å²) in [5.74, 6) is -2.55. The Bertz CT molecular complexity index is 659. The van der Waals surface area contributed by atoms with Crippen LogP contribution >= 0.6 is 0 Å². The fourth-order valence-electron chi connectivity index (χ4n) is 1.58. The first-order chi connectivity index (χ1) is 9.47. The molecule has 3 N–H and O–H groups in total. The molecule has 0 aliphatic rings. The SMILES string of the molecule is N=C(N)c1ccc(COc2cc(F)ccc2F)c(F)c1. The molecule has 0 amide bonds. The van der Waals surface area contributed by atoms with E-state index in [-0.39, 0.29) is 29.3 Å². The lowest BCUT2D eigenvalue weighted by Crippen LogP contribution is -2.12. The van der Waals surface area contributed by atoms with Crippen molar-refractivity contribution in [1.82, 2.24) is 0 Å². The number of benzene rings is 2. The summed E-state index contributed by atoms with van der Waals surface area (Å²) >= 11 is 0. The second-order valence-electron chi connectivity index (χ2n) is 4.08. The molecule has 2 rings (SSSR count). The fourth-order valence-corrected chi connectivity index (χ4v) is 1.58. The van der Waals surface area contributed by atoms with E-state index in [1.807, 2.05) is 0 Å². The van der Waals surface area contributed by atoms with Crippen molar-refractivity contribution in [3.05, 3.63) is 65.0 Å². The first-order valence-corrected chi connectivity index (χ1v) is 5.68. The van der Waals surface area contributed by atoms with E-state index in [1.54, 1.807) is 0 Å². The van der Waals surface area contributed by atoms with Crippen LogP contribution < -0.4 is 10.5 Å². The minimum atomic E-state index is -0.729. The molecule has 2 aromatic rings. The molecule has 0 saturated heterocycles. The second kappa shape index (κ2) is 5.64. The highest BCUT2D eigenvalue weighted by atomic mass is 19.1. The van der Waals surface area contributed by atoms with E-state index < -0.39 is 17.5 Å². The molecule has 0 aromatic heterocycles. The van der Waals surface area contributed by atoms with Crippen LogP contribution in [0.15, 0.2) is 36.4 Å². The van der Waals surface area contributed by atoms with Crippen LogP contribution in [0.1, 0.15) is 11.1 Å². The Labute approximate surface area is 113 Å². The number of hydrogen-bond donors (Lipinski definition) is 2. The van der Waals surface area contributed by atoms with E-state index >= 15 is 0 Å². The van der Waals surface area contributed by atoms with Gasteiger partial charge in [-0.1, -0.05) is 12.1 Å². The molecule has 104 valence electrons. The zero-order chi connectivity index (χ0) is 14.7. The highest BCUT2D eigenvalue weighted by Gasteiger charge is 2.09. The van der Waals surface area contributed by atoms with Crippen LogP contribution in [0.2, 0.25) is 0 Å². The number of hydrogen-bond acceptors (Lipinski definition) is 2. The first-order valence-electron chi connectivity index (χ1n) is 5.68. The molecule has 0 aliphatic carbocycles. The summed E-state index contributed by atoms with van der Waals surface area (Å²) in [6.07, 6.45) is 0. The van der Waals surface area contributed by atoms with Crippen molar-refractivity contribution in [2.75, 3.05) is 0 Å². The molecule has 0 heterocycles. The molecule has 0 spiro atoms. The zero-order valence-corrected chi connectivity index (χ0v) is 10.3. The van der Waals surface area contributed by atoms with Gasteiger partial charge in [0.15, 0.2) is 11.6 Å². The van der Waals surface area contributed by atoms with Crippen molar-refractivity contribution in [2.45, 2.75) is 6.61 Å². The summed E-state index contributed by atoms with van der Waals surface area (Å²) < 4.78 is 45.0. The molecule has 20 heavy (non-hydrogen) atoms. The number of rotatable bonds is 4. The summed E-state index contributed by atoms with van der Waals surface area (Å²) in [4.78, 5) is 0. The topological polar surface area (TPSA) is 59.1 Å². The molecule has 2 aromatic carbocycles. The van der Waals surface area contributed by atoms with Crippen LogP contribution in [-0.2, 0) is 6.61 Å². The Morgan fingerprint density at radius 1 is 1.05 bits per heavy atom. The molecule has 0 atom stereocenters. The van der Waals surface area contributed by atoms with E-state index in [4.69, 9.17) is 15.9 Å². The van der Waals surface area contributed by atoms with Gasteiger partial charge in [-0.15, -0.1) is 0 Å². The number of nitrogen functional groups attached to an aromatic ring is 1. The largest absolute Gasteiger partial charge is 0.486 e. The van der Waals surface area contributed by atoms with Gasteiger partial charge in [0, 0.05) is 17.2 Å². The third kappa shape index (κ3) is 3.09. The van der Waals surface area contributed by atoms with Gasteiger partial charge in [0.1, 0.15) is 24.1 Å². The smallest absolute Gasteiger partial charge is 0.165 e. The molecule has 0 fully saturated rings. The molecule has 3 nitrogen and oxygen atoms in total. The van der Waals surface area contributed by atoms with Gasteiger partial charge in [-0.05, 0) is 18.2 Å². The third-order valence-corrected chi connectivity index (χ3v) is 2.64. The Morgan fingerprint density at radius 2 is 1.80 bits per heavy atom. The van der Waals surface area contributed by atoms with Gasteiger partial charge in [-0.3, -0.25) is 5.41 Å². The van der Waals surface area contributed by atoms with Crippen LogP contribution in [0.25, 0.3) is 0 Å². The lowest BCUT2D eigenvalue weighted by molar-refractivity contribution is 0.283. The third-order valence-electron chi connectivity index (χ3n) is 2.64. The fraction of sp³-hybridized carbons (Fsp3) is 0.0714. The summed E-state index contributed by atoms with van der Waals surface area (Å²) in [5.41, 5.74) is 5.62. The monoisotopic (exact) mass is 280 g/mol. The van der Waals surface area contributed by atoms with Gasteiger partial charge < -0.3 is 10.5 Å². The molecule has 0 bridgehead atoms. The Balaban J connectivity index is 2.15. The van der Waals surface area contributed by atoms with Crippen molar-refractivity contribution < 1.29 is 17.9 Å². The highest BCUT2D eigenvalue weighted by molar-refractivity contribution is 5.94. The Morgan fingerprint density at radius 3 is 2.45 bits per heavy atom. The molecule has 0 radical (unpaired) electrons. The van der Waals surface area contributed by atoms with E-state index in [9.17, 15) is 13.2 Å². The molecule has 0 unspecified atom stereocenters. The van der Waals surface area contributed by atoms with Crippen molar-refractivity contribution in [3.8, 4) is 5.75 Å². The Hall–Kier alpha value is -2.50. The summed E-state index contributed by atoms with van der Waals surface area (Å²) in [7, 11) is 0.